The molecule has 0 saturated heterocycles. The Morgan fingerprint density at radius 2 is 2.19 bits per heavy atom. The molecule has 0 heterocycles. The largest absolute Gasteiger partial charge is 0.484 e. The summed E-state index contributed by atoms with van der Waals surface area (Å²) < 4.78 is 5.37. The molecule has 88 valence electrons. The summed E-state index contributed by atoms with van der Waals surface area (Å²) in [7, 11) is 3.92. The number of likely N-dealkylation sites (N-methyl/N-ethyl adjacent to an activating group) is 1. The topological polar surface area (TPSA) is 41.6 Å². The van der Waals surface area contributed by atoms with Gasteiger partial charge in [0.1, 0.15) is 5.75 Å². The standard InChI is InChI=1S/C12H18N2O2/c1-4-13-12(15)9-16-11-7-5-6-10(8-11)14(2)3/h5-8H,4,9H2,1-3H3,(H,13,15). The Morgan fingerprint density at radius 3 is 2.81 bits per heavy atom. The zero-order chi connectivity index (χ0) is 12.0. The fourth-order valence-electron chi connectivity index (χ4n) is 1.25. The number of carbonyl (C=O) groups excluding carboxylic acids is 1. The first-order chi connectivity index (χ1) is 7.63. The number of hydrogen-bond donors (Lipinski definition) is 1. The highest BCUT2D eigenvalue weighted by atomic mass is 16.5. The van der Waals surface area contributed by atoms with Crippen molar-refractivity contribution in [1.29, 1.82) is 0 Å². The lowest BCUT2D eigenvalue weighted by molar-refractivity contribution is -0.122. The van der Waals surface area contributed by atoms with E-state index in [0.717, 1.165) is 5.69 Å². The average Bonchev–Trinajstić information content (AvgIpc) is 2.27. The number of nitrogens with one attached hydrogen (secondary N) is 1. The van der Waals surface area contributed by atoms with E-state index in [0.29, 0.717) is 12.3 Å². The molecule has 1 aromatic carbocycles. The van der Waals surface area contributed by atoms with E-state index in [2.05, 4.69) is 5.32 Å². The lowest BCUT2D eigenvalue weighted by Gasteiger charge is -2.13. The molecule has 0 aliphatic rings. The minimum atomic E-state index is -0.0993. The molecule has 0 atom stereocenters. The van der Waals surface area contributed by atoms with Gasteiger partial charge < -0.3 is 15.0 Å². The van der Waals surface area contributed by atoms with E-state index in [1.807, 2.05) is 50.2 Å². The maximum absolute atomic E-state index is 11.2. The van der Waals surface area contributed by atoms with Gasteiger partial charge in [-0.15, -0.1) is 0 Å². The number of carbonyl (C=O) groups is 1. The second-order valence-electron chi connectivity index (χ2n) is 3.63. The Balaban J connectivity index is 2.54. The Kier molecular flexibility index (Phi) is 4.64. The summed E-state index contributed by atoms with van der Waals surface area (Å²) in [5.74, 6) is 0.607. The summed E-state index contributed by atoms with van der Waals surface area (Å²) in [5, 5.41) is 2.68. The van der Waals surface area contributed by atoms with E-state index in [4.69, 9.17) is 4.74 Å². The van der Waals surface area contributed by atoms with Crippen LogP contribution in [-0.2, 0) is 4.79 Å². The van der Waals surface area contributed by atoms with Crippen molar-refractivity contribution >= 4 is 11.6 Å². The van der Waals surface area contributed by atoms with Crippen LogP contribution in [-0.4, -0.2) is 33.2 Å². The van der Waals surface area contributed by atoms with Crippen molar-refractivity contribution < 1.29 is 9.53 Å². The highest BCUT2D eigenvalue weighted by Gasteiger charge is 2.02. The van der Waals surface area contributed by atoms with Gasteiger partial charge in [0.15, 0.2) is 6.61 Å². The quantitative estimate of drug-likeness (QED) is 0.815. The predicted octanol–water partition coefficient (Wildman–Crippen LogP) is 1.27. The molecule has 0 saturated carbocycles. The predicted molar refractivity (Wildman–Crippen MR) is 64.9 cm³/mol. The molecule has 0 bridgehead atoms. The van der Waals surface area contributed by atoms with Gasteiger partial charge >= 0.3 is 0 Å². The van der Waals surface area contributed by atoms with Gasteiger partial charge in [-0.25, -0.2) is 0 Å². The Bertz CT molecular complexity index is 351. The number of anilines is 1. The van der Waals surface area contributed by atoms with Crippen LogP contribution in [0.2, 0.25) is 0 Å². The van der Waals surface area contributed by atoms with Crippen molar-refractivity contribution in [3.63, 3.8) is 0 Å². The third-order valence-corrected chi connectivity index (χ3v) is 2.08. The van der Waals surface area contributed by atoms with E-state index in [1.165, 1.54) is 0 Å². The number of nitrogens with zero attached hydrogens (tertiary/aromatic N) is 1. The van der Waals surface area contributed by atoms with E-state index >= 15 is 0 Å². The fraction of sp³-hybridized carbons (Fsp3) is 0.417. The van der Waals surface area contributed by atoms with Crippen molar-refractivity contribution in [3.05, 3.63) is 24.3 Å². The third-order valence-electron chi connectivity index (χ3n) is 2.08. The Labute approximate surface area is 96.2 Å². The van der Waals surface area contributed by atoms with Crippen molar-refractivity contribution in [2.45, 2.75) is 6.92 Å². The molecule has 0 aromatic heterocycles. The number of rotatable bonds is 5. The van der Waals surface area contributed by atoms with Crippen LogP contribution in [0.5, 0.6) is 5.75 Å². The van der Waals surface area contributed by atoms with E-state index in [1.54, 1.807) is 0 Å². The molecule has 1 rings (SSSR count). The lowest BCUT2D eigenvalue weighted by atomic mass is 10.3. The minimum absolute atomic E-state index is 0.0602. The summed E-state index contributed by atoms with van der Waals surface area (Å²) >= 11 is 0. The van der Waals surface area contributed by atoms with E-state index < -0.39 is 0 Å². The molecule has 1 aromatic rings. The summed E-state index contributed by atoms with van der Waals surface area (Å²) in [5.41, 5.74) is 1.05. The zero-order valence-electron chi connectivity index (χ0n) is 9.99. The average molecular weight is 222 g/mol. The van der Waals surface area contributed by atoms with Crippen LogP contribution in [0.4, 0.5) is 5.69 Å². The normalized spacial score (nSPS) is 9.69. The van der Waals surface area contributed by atoms with Crippen molar-refractivity contribution in [1.82, 2.24) is 5.32 Å². The zero-order valence-corrected chi connectivity index (χ0v) is 9.99. The maximum Gasteiger partial charge on any atom is 0.257 e. The molecule has 1 amide bonds. The molecule has 4 heteroatoms. The van der Waals surface area contributed by atoms with Crippen LogP contribution in [0.3, 0.4) is 0 Å². The third kappa shape index (κ3) is 3.81. The molecule has 0 fully saturated rings. The van der Waals surface area contributed by atoms with Crippen LogP contribution in [0.15, 0.2) is 24.3 Å². The van der Waals surface area contributed by atoms with Gasteiger partial charge in [0.25, 0.3) is 5.91 Å². The molecule has 0 unspecified atom stereocenters. The second kappa shape index (κ2) is 6.00. The molecule has 1 N–H and O–H groups in total. The van der Waals surface area contributed by atoms with Gasteiger partial charge in [-0.1, -0.05) is 6.07 Å². The Morgan fingerprint density at radius 1 is 1.44 bits per heavy atom. The molecular weight excluding hydrogens is 204 g/mol. The van der Waals surface area contributed by atoms with Gasteiger partial charge in [0.05, 0.1) is 0 Å². The van der Waals surface area contributed by atoms with E-state index in [-0.39, 0.29) is 12.5 Å². The smallest absolute Gasteiger partial charge is 0.257 e. The fourth-order valence-corrected chi connectivity index (χ4v) is 1.25. The number of amides is 1. The highest BCUT2D eigenvalue weighted by Crippen LogP contribution is 2.18. The first-order valence-corrected chi connectivity index (χ1v) is 5.30. The number of hydrogen-bond acceptors (Lipinski definition) is 3. The minimum Gasteiger partial charge on any atom is -0.484 e. The molecule has 0 radical (unpaired) electrons. The Hall–Kier alpha value is -1.71. The van der Waals surface area contributed by atoms with Gasteiger partial charge in [-0.2, -0.15) is 0 Å². The monoisotopic (exact) mass is 222 g/mol. The van der Waals surface area contributed by atoms with Crippen LogP contribution < -0.4 is 15.0 Å². The van der Waals surface area contributed by atoms with Crippen molar-refractivity contribution in [3.8, 4) is 5.75 Å². The summed E-state index contributed by atoms with van der Waals surface area (Å²) in [6.45, 7) is 2.56. The summed E-state index contributed by atoms with van der Waals surface area (Å²) in [6, 6.07) is 7.63. The van der Waals surface area contributed by atoms with Gasteiger partial charge in [-0.3, -0.25) is 4.79 Å². The molecule has 16 heavy (non-hydrogen) atoms. The van der Waals surface area contributed by atoms with Crippen LogP contribution in [0.1, 0.15) is 6.92 Å². The van der Waals surface area contributed by atoms with Crippen LogP contribution >= 0.6 is 0 Å². The van der Waals surface area contributed by atoms with Gasteiger partial charge in [0.2, 0.25) is 0 Å². The summed E-state index contributed by atoms with van der Waals surface area (Å²) in [4.78, 5) is 13.2. The SMILES string of the molecule is CCNC(=O)COc1cccc(N(C)C)c1. The van der Waals surface area contributed by atoms with E-state index in [9.17, 15) is 4.79 Å². The van der Waals surface area contributed by atoms with Crippen LogP contribution in [0.25, 0.3) is 0 Å². The first-order valence-electron chi connectivity index (χ1n) is 5.30. The molecular formula is C12H18N2O2. The first kappa shape index (κ1) is 12.4. The number of ether oxygens (including phenoxy) is 1. The van der Waals surface area contributed by atoms with Crippen LogP contribution in [0, 0.1) is 0 Å². The molecule has 0 aliphatic carbocycles. The molecule has 0 spiro atoms. The number of benzene rings is 1. The summed E-state index contributed by atoms with van der Waals surface area (Å²) in [6.07, 6.45) is 0. The molecule has 4 nitrogen and oxygen atoms in total. The maximum atomic E-state index is 11.2. The highest BCUT2D eigenvalue weighted by molar-refractivity contribution is 5.77. The van der Waals surface area contributed by atoms with Crippen molar-refractivity contribution in [2.75, 3.05) is 32.1 Å². The molecule has 0 aliphatic heterocycles. The van der Waals surface area contributed by atoms with Crippen molar-refractivity contribution in [2.24, 2.45) is 0 Å². The van der Waals surface area contributed by atoms with Gasteiger partial charge in [0, 0.05) is 32.4 Å². The van der Waals surface area contributed by atoms with Gasteiger partial charge in [-0.05, 0) is 19.1 Å². The second-order valence-corrected chi connectivity index (χ2v) is 3.63. The lowest BCUT2D eigenvalue weighted by Crippen LogP contribution is -2.28.